The molecule has 4 N–H and O–H groups in total. The Balaban J connectivity index is 2.86. The zero-order chi connectivity index (χ0) is 13.7. The van der Waals surface area contributed by atoms with Gasteiger partial charge in [0.25, 0.3) is 5.91 Å². The summed E-state index contributed by atoms with van der Waals surface area (Å²) in [7, 11) is 0. The SMILES string of the molecule is CC[C@H](C)[C@H](NC(=O)c1ccccc1N)C(=O)O. The molecule has 2 atom stereocenters. The van der Waals surface area contributed by atoms with Crippen LogP contribution in [0, 0.1) is 5.92 Å². The number of hydrogen-bond donors (Lipinski definition) is 3. The van der Waals surface area contributed by atoms with Crippen LogP contribution in [0.25, 0.3) is 0 Å². The molecular weight excluding hydrogens is 232 g/mol. The Morgan fingerprint density at radius 3 is 2.50 bits per heavy atom. The van der Waals surface area contributed by atoms with Crippen molar-refractivity contribution in [3.05, 3.63) is 29.8 Å². The number of amides is 1. The Morgan fingerprint density at radius 2 is 2.00 bits per heavy atom. The van der Waals surface area contributed by atoms with E-state index in [9.17, 15) is 9.59 Å². The molecule has 98 valence electrons. The fraction of sp³-hybridized carbons (Fsp3) is 0.385. The molecule has 0 fully saturated rings. The van der Waals surface area contributed by atoms with E-state index < -0.39 is 17.9 Å². The summed E-state index contributed by atoms with van der Waals surface area (Å²) >= 11 is 0. The van der Waals surface area contributed by atoms with Crippen LogP contribution in [-0.2, 0) is 4.79 Å². The first-order chi connectivity index (χ1) is 8.47. The summed E-state index contributed by atoms with van der Waals surface area (Å²) in [4.78, 5) is 23.1. The van der Waals surface area contributed by atoms with Gasteiger partial charge < -0.3 is 16.2 Å². The maximum Gasteiger partial charge on any atom is 0.326 e. The largest absolute Gasteiger partial charge is 0.480 e. The molecule has 0 unspecified atom stereocenters. The molecule has 1 aromatic carbocycles. The number of carbonyl (C=O) groups is 2. The third kappa shape index (κ3) is 3.23. The fourth-order valence-corrected chi connectivity index (χ4v) is 1.61. The first-order valence-corrected chi connectivity index (χ1v) is 5.85. The van der Waals surface area contributed by atoms with Crippen molar-refractivity contribution >= 4 is 17.6 Å². The van der Waals surface area contributed by atoms with Gasteiger partial charge in [0.1, 0.15) is 6.04 Å². The van der Waals surface area contributed by atoms with Crippen LogP contribution in [0.3, 0.4) is 0 Å². The smallest absolute Gasteiger partial charge is 0.326 e. The van der Waals surface area contributed by atoms with Crippen molar-refractivity contribution in [1.29, 1.82) is 0 Å². The van der Waals surface area contributed by atoms with Crippen LogP contribution >= 0.6 is 0 Å². The van der Waals surface area contributed by atoms with Gasteiger partial charge in [-0.15, -0.1) is 0 Å². The zero-order valence-electron chi connectivity index (χ0n) is 10.5. The summed E-state index contributed by atoms with van der Waals surface area (Å²) < 4.78 is 0. The topological polar surface area (TPSA) is 92.4 Å². The molecule has 0 saturated carbocycles. The first kappa shape index (κ1) is 14.0. The van der Waals surface area contributed by atoms with Gasteiger partial charge in [-0.1, -0.05) is 32.4 Å². The Morgan fingerprint density at radius 1 is 1.39 bits per heavy atom. The van der Waals surface area contributed by atoms with Crippen LogP contribution in [-0.4, -0.2) is 23.0 Å². The van der Waals surface area contributed by atoms with Gasteiger partial charge in [-0.05, 0) is 18.1 Å². The van der Waals surface area contributed by atoms with E-state index >= 15 is 0 Å². The van der Waals surface area contributed by atoms with Crippen molar-refractivity contribution in [3.63, 3.8) is 0 Å². The number of nitrogens with one attached hydrogen (secondary N) is 1. The van der Waals surface area contributed by atoms with Crippen molar-refractivity contribution in [2.24, 2.45) is 5.92 Å². The molecule has 18 heavy (non-hydrogen) atoms. The Kier molecular flexibility index (Phi) is 4.71. The molecule has 5 nitrogen and oxygen atoms in total. The highest BCUT2D eigenvalue weighted by atomic mass is 16.4. The number of anilines is 1. The maximum absolute atomic E-state index is 11.9. The molecule has 0 heterocycles. The Labute approximate surface area is 106 Å². The number of nitrogen functional groups attached to an aromatic ring is 1. The summed E-state index contributed by atoms with van der Waals surface area (Å²) in [6.45, 7) is 3.66. The van der Waals surface area contributed by atoms with Gasteiger partial charge in [0.2, 0.25) is 0 Å². The molecule has 0 aliphatic rings. The molecule has 0 aliphatic carbocycles. The number of carboxylic acid groups (broad SMARTS) is 1. The van der Waals surface area contributed by atoms with E-state index in [1.54, 1.807) is 31.2 Å². The van der Waals surface area contributed by atoms with E-state index in [2.05, 4.69) is 5.32 Å². The van der Waals surface area contributed by atoms with Crippen LogP contribution in [0.2, 0.25) is 0 Å². The minimum absolute atomic E-state index is 0.142. The molecule has 5 heteroatoms. The number of benzene rings is 1. The molecule has 0 spiro atoms. The molecule has 1 aromatic rings. The quantitative estimate of drug-likeness (QED) is 0.690. The number of carbonyl (C=O) groups excluding carboxylic acids is 1. The lowest BCUT2D eigenvalue weighted by Gasteiger charge is -2.20. The highest BCUT2D eigenvalue weighted by molar-refractivity contribution is 6.00. The van der Waals surface area contributed by atoms with Crippen LogP contribution < -0.4 is 11.1 Å². The van der Waals surface area contributed by atoms with Crippen LogP contribution in [0.1, 0.15) is 30.6 Å². The first-order valence-electron chi connectivity index (χ1n) is 5.85. The number of carboxylic acids is 1. The lowest BCUT2D eigenvalue weighted by Crippen LogP contribution is -2.45. The monoisotopic (exact) mass is 250 g/mol. The molecule has 0 saturated heterocycles. The van der Waals surface area contributed by atoms with Gasteiger partial charge in [0.15, 0.2) is 0 Å². The normalized spacial score (nSPS) is 13.7. The molecule has 0 aliphatic heterocycles. The molecule has 0 radical (unpaired) electrons. The van der Waals surface area contributed by atoms with Gasteiger partial charge in [0.05, 0.1) is 5.56 Å². The van der Waals surface area contributed by atoms with Crippen molar-refractivity contribution in [1.82, 2.24) is 5.32 Å². The number of aliphatic carboxylic acids is 1. The number of nitrogens with two attached hydrogens (primary N) is 1. The minimum atomic E-state index is -1.03. The molecule has 1 amide bonds. The standard InChI is InChI=1S/C13H18N2O3/c1-3-8(2)11(13(17)18)15-12(16)9-6-4-5-7-10(9)14/h4-8,11H,3,14H2,1-2H3,(H,15,16)(H,17,18)/t8-,11-/m0/s1. The minimum Gasteiger partial charge on any atom is -0.480 e. The van der Waals surface area contributed by atoms with Crippen LogP contribution in [0.15, 0.2) is 24.3 Å². The zero-order valence-corrected chi connectivity index (χ0v) is 10.5. The molecule has 1 rings (SSSR count). The van der Waals surface area contributed by atoms with Crippen molar-refractivity contribution < 1.29 is 14.7 Å². The van der Waals surface area contributed by atoms with Gasteiger partial charge in [-0.2, -0.15) is 0 Å². The number of hydrogen-bond acceptors (Lipinski definition) is 3. The number of para-hydroxylation sites is 1. The van der Waals surface area contributed by atoms with Gasteiger partial charge in [-0.3, -0.25) is 4.79 Å². The summed E-state index contributed by atoms with van der Waals surface area (Å²) in [5.74, 6) is -1.63. The predicted molar refractivity (Wildman–Crippen MR) is 69.2 cm³/mol. The van der Waals surface area contributed by atoms with E-state index in [0.29, 0.717) is 17.7 Å². The van der Waals surface area contributed by atoms with Crippen LogP contribution in [0.5, 0.6) is 0 Å². The van der Waals surface area contributed by atoms with Gasteiger partial charge >= 0.3 is 5.97 Å². The van der Waals surface area contributed by atoms with Crippen molar-refractivity contribution in [3.8, 4) is 0 Å². The predicted octanol–water partition coefficient (Wildman–Crippen LogP) is 1.50. The Hall–Kier alpha value is -2.04. The summed E-state index contributed by atoms with van der Waals surface area (Å²) in [6, 6.07) is 5.68. The average Bonchev–Trinajstić information content (AvgIpc) is 2.35. The summed E-state index contributed by atoms with van der Waals surface area (Å²) in [5.41, 5.74) is 6.31. The third-order valence-electron chi connectivity index (χ3n) is 2.97. The third-order valence-corrected chi connectivity index (χ3v) is 2.97. The second-order valence-corrected chi connectivity index (χ2v) is 4.26. The van der Waals surface area contributed by atoms with Crippen LogP contribution in [0.4, 0.5) is 5.69 Å². The maximum atomic E-state index is 11.9. The lowest BCUT2D eigenvalue weighted by molar-refractivity contribution is -0.140. The second kappa shape index (κ2) is 6.05. The van der Waals surface area contributed by atoms with Gasteiger partial charge in [0, 0.05) is 5.69 Å². The van der Waals surface area contributed by atoms with Crippen molar-refractivity contribution in [2.75, 3.05) is 5.73 Å². The van der Waals surface area contributed by atoms with E-state index in [4.69, 9.17) is 10.8 Å². The van der Waals surface area contributed by atoms with E-state index in [0.717, 1.165) is 0 Å². The van der Waals surface area contributed by atoms with Crippen molar-refractivity contribution in [2.45, 2.75) is 26.3 Å². The average molecular weight is 250 g/mol. The van der Waals surface area contributed by atoms with E-state index in [1.807, 2.05) is 6.92 Å². The van der Waals surface area contributed by atoms with Gasteiger partial charge in [-0.25, -0.2) is 4.79 Å². The molecule has 0 aromatic heterocycles. The second-order valence-electron chi connectivity index (χ2n) is 4.26. The Bertz CT molecular complexity index is 446. The highest BCUT2D eigenvalue weighted by Crippen LogP contribution is 2.13. The summed E-state index contributed by atoms with van der Waals surface area (Å²) in [6.07, 6.45) is 0.668. The van der Waals surface area contributed by atoms with E-state index in [-0.39, 0.29) is 5.92 Å². The lowest BCUT2D eigenvalue weighted by atomic mass is 9.99. The molecule has 0 bridgehead atoms. The summed E-state index contributed by atoms with van der Waals surface area (Å²) in [5, 5.41) is 11.6. The van der Waals surface area contributed by atoms with E-state index in [1.165, 1.54) is 0 Å². The molecular formula is C13H18N2O3. The number of rotatable bonds is 5. The fourth-order valence-electron chi connectivity index (χ4n) is 1.61. The highest BCUT2D eigenvalue weighted by Gasteiger charge is 2.26.